The first-order valence-electron chi connectivity index (χ1n) is 6.52. The van der Waals surface area contributed by atoms with Crippen LogP contribution in [0.15, 0.2) is 32.4 Å². The lowest BCUT2D eigenvalue weighted by molar-refractivity contribution is 0.513. The maximum Gasteiger partial charge on any atom is 0.330 e. The summed E-state index contributed by atoms with van der Waals surface area (Å²) in [4.78, 5) is 25.7. The van der Waals surface area contributed by atoms with Gasteiger partial charge in [-0.1, -0.05) is 6.92 Å². The van der Waals surface area contributed by atoms with Gasteiger partial charge >= 0.3 is 5.69 Å². The molecule has 0 aromatic carbocycles. The molecule has 2 aromatic rings. The van der Waals surface area contributed by atoms with Crippen LogP contribution < -0.4 is 22.3 Å². The molecule has 0 saturated heterocycles. The summed E-state index contributed by atoms with van der Waals surface area (Å²) >= 11 is 0. The van der Waals surface area contributed by atoms with Crippen LogP contribution in [-0.2, 0) is 13.0 Å². The van der Waals surface area contributed by atoms with E-state index in [0.29, 0.717) is 19.5 Å². The van der Waals surface area contributed by atoms with E-state index < -0.39 is 11.2 Å². The predicted octanol–water partition coefficient (Wildman–Crippen LogP) is 0.776. The molecule has 0 amide bonds. The first-order valence-corrected chi connectivity index (χ1v) is 6.52. The van der Waals surface area contributed by atoms with Crippen LogP contribution in [0.4, 0.5) is 11.5 Å². The zero-order valence-corrected chi connectivity index (χ0v) is 11.3. The van der Waals surface area contributed by atoms with Gasteiger partial charge in [-0.25, -0.2) is 4.79 Å². The Morgan fingerprint density at radius 3 is 2.90 bits per heavy atom. The zero-order chi connectivity index (χ0) is 14.5. The second-order valence-corrected chi connectivity index (χ2v) is 4.43. The SMILES string of the molecule is CCCn1c(N)c(NCCc2ccco2)c(=O)[nH]c1=O. The number of hydrogen-bond donors (Lipinski definition) is 3. The van der Waals surface area contributed by atoms with E-state index in [1.54, 1.807) is 12.3 Å². The van der Waals surface area contributed by atoms with E-state index in [1.165, 1.54) is 4.57 Å². The van der Waals surface area contributed by atoms with Crippen molar-refractivity contribution in [3.63, 3.8) is 0 Å². The highest BCUT2D eigenvalue weighted by Crippen LogP contribution is 2.10. The van der Waals surface area contributed by atoms with E-state index in [4.69, 9.17) is 10.2 Å². The van der Waals surface area contributed by atoms with E-state index in [-0.39, 0.29) is 11.5 Å². The average molecular weight is 278 g/mol. The summed E-state index contributed by atoms with van der Waals surface area (Å²) in [5.74, 6) is 0.981. The van der Waals surface area contributed by atoms with Gasteiger partial charge in [0.1, 0.15) is 17.3 Å². The van der Waals surface area contributed by atoms with E-state index in [0.717, 1.165) is 12.2 Å². The van der Waals surface area contributed by atoms with Gasteiger partial charge in [0.2, 0.25) is 0 Å². The van der Waals surface area contributed by atoms with Crippen LogP contribution in [-0.4, -0.2) is 16.1 Å². The molecule has 0 aliphatic carbocycles. The monoisotopic (exact) mass is 278 g/mol. The highest BCUT2D eigenvalue weighted by molar-refractivity contribution is 5.60. The van der Waals surface area contributed by atoms with Gasteiger partial charge in [0, 0.05) is 19.5 Å². The lowest BCUT2D eigenvalue weighted by Crippen LogP contribution is -2.34. The maximum absolute atomic E-state index is 11.8. The Morgan fingerprint density at radius 1 is 1.45 bits per heavy atom. The Morgan fingerprint density at radius 2 is 2.25 bits per heavy atom. The molecule has 108 valence electrons. The van der Waals surface area contributed by atoms with Gasteiger partial charge in [0.05, 0.1) is 6.26 Å². The fourth-order valence-corrected chi connectivity index (χ4v) is 1.97. The van der Waals surface area contributed by atoms with Gasteiger partial charge < -0.3 is 15.5 Å². The fraction of sp³-hybridized carbons (Fsp3) is 0.385. The second-order valence-electron chi connectivity index (χ2n) is 4.43. The van der Waals surface area contributed by atoms with Crippen molar-refractivity contribution in [3.8, 4) is 0 Å². The number of aromatic nitrogens is 2. The Balaban J connectivity index is 2.16. The molecule has 0 unspecified atom stereocenters. The summed E-state index contributed by atoms with van der Waals surface area (Å²) in [7, 11) is 0. The summed E-state index contributed by atoms with van der Waals surface area (Å²) in [6.45, 7) is 2.89. The predicted molar refractivity (Wildman–Crippen MR) is 76.9 cm³/mol. The van der Waals surface area contributed by atoms with Crippen molar-refractivity contribution in [2.24, 2.45) is 0 Å². The molecule has 0 aliphatic rings. The average Bonchev–Trinajstić information content (AvgIpc) is 2.91. The summed E-state index contributed by atoms with van der Waals surface area (Å²) in [6.07, 6.45) is 2.97. The normalized spacial score (nSPS) is 10.7. The second kappa shape index (κ2) is 6.14. The molecule has 2 heterocycles. The van der Waals surface area contributed by atoms with E-state index in [9.17, 15) is 9.59 Å². The van der Waals surface area contributed by atoms with Crippen molar-refractivity contribution >= 4 is 11.5 Å². The molecular weight excluding hydrogens is 260 g/mol. The van der Waals surface area contributed by atoms with Crippen LogP contribution in [0.25, 0.3) is 0 Å². The molecule has 0 aliphatic heterocycles. The quantitative estimate of drug-likeness (QED) is 0.724. The minimum atomic E-state index is -0.501. The van der Waals surface area contributed by atoms with E-state index in [2.05, 4.69) is 10.3 Å². The molecule has 2 rings (SSSR count). The van der Waals surface area contributed by atoms with Gasteiger partial charge in [-0.2, -0.15) is 0 Å². The van der Waals surface area contributed by atoms with Crippen molar-refractivity contribution in [2.45, 2.75) is 26.3 Å². The molecule has 0 radical (unpaired) electrons. The Labute approximate surface area is 115 Å². The topological polar surface area (TPSA) is 106 Å². The van der Waals surface area contributed by atoms with Crippen molar-refractivity contribution < 1.29 is 4.42 Å². The molecule has 4 N–H and O–H groups in total. The van der Waals surface area contributed by atoms with Crippen molar-refractivity contribution in [1.82, 2.24) is 9.55 Å². The van der Waals surface area contributed by atoms with Crippen molar-refractivity contribution in [3.05, 3.63) is 45.0 Å². The number of nitrogens with one attached hydrogen (secondary N) is 2. The third-order valence-corrected chi connectivity index (χ3v) is 2.94. The van der Waals surface area contributed by atoms with Crippen LogP contribution in [0.2, 0.25) is 0 Å². The number of hydrogen-bond acceptors (Lipinski definition) is 5. The molecule has 7 heteroatoms. The van der Waals surface area contributed by atoms with Crippen LogP contribution >= 0.6 is 0 Å². The molecule has 0 bridgehead atoms. The molecular formula is C13H18N4O3. The highest BCUT2D eigenvalue weighted by atomic mass is 16.3. The lowest BCUT2D eigenvalue weighted by Gasteiger charge is -2.12. The molecule has 7 nitrogen and oxygen atoms in total. The van der Waals surface area contributed by atoms with Gasteiger partial charge in [0.15, 0.2) is 0 Å². The number of nitrogens with zero attached hydrogens (tertiary/aromatic N) is 1. The first kappa shape index (κ1) is 14.0. The van der Waals surface area contributed by atoms with E-state index >= 15 is 0 Å². The molecule has 0 atom stereocenters. The van der Waals surface area contributed by atoms with Gasteiger partial charge in [-0.05, 0) is 18.6 Å². The third kappa shape index (κ3) is 2.93. The Kier molecular flexibility index (Phi) is 4.29. The number of aromatic amines is 1. The lowest BCUT2D eigenvalue weighted by atomic mass is 10.3. The van der Waals surface area contributed by atoms with Crippen LogP contribution in [0.3, 0.4) is 0 Å². The van der Waals surface area contributed by atoms with Crippen molar-refractivity contribution in [1.29, 1.82) is 0 Å². The first-order chi connectivity index (χ1) is 9.63. The minimum absolute atomic E-state index is 0.167. The summed E-state index contributed by atoms with van der Waals surface area (Å²) in [5.41, 5.74) is 5.13. The molecule has 0 spiro atoms. The van der Waals surface area contributed by atoms with Gasteiger partial charge in [0.25, 0.3) is 5.56 Å². The summed E-state index contributed by atoms with van der Waals surface area (Å²) in [5, 5.41) is 2.96. The largest absolute Gasteiger partial charge is 0.469 e. The number of rotatable bonds is 6. The third-order valence-electron chi connectivity index (χ3n) is 2.94. The van der Waals surface area contributed by atoms with Gasteiger partial charge in [-0.3, -0.25) is 14.3 Å². The fourth-order valence-electron chi connectivity index (χ4n) is 1.97. The standard InChI is InChI=1S/C13H18N4O3/c1-2-7-17-11(14)10(12(18)16-13(17)19)15-6-5-9-4-3-8-20-9/h3-4,8,15H,2,5-7,14H2,1H3,(H,16,18,19). The molecule has 20 heavy (non-hydrogen) atoms. The highest BCUT2D eigenvalue weighted by Gasteiger charge is 2.11. The summed E-state index contributed by atoms with van der Waals surface area (Å²) < 4.78 is 6.56. The van der Waals surface area contributed by atoms with Crippen LogP contribution in [0, 0.1) is 0 Å². The van der Waals surface area contributed by atoms with E-state index in [1.807, 2.05) is 13.0 Å². The Hall–Kier alpha value is -2.44. The molecule has 2 aromatic heterocycles. The number of furan rings is 1. The molecule has 0 saturated carbocycles. The van der Waals surface area contributed by atoms with Crippen molar-refractivity contribution in [2.75, 3.05) is 17.6 Å². The minimum Gasteiger partial charge on any atom is -0.469 e. The van der Waals surface area contributed by atoms with Crippen LogP contribution in [0.5, 0.6) is 0 Å². The number of nitrogens with two attached hydrogens (primary N) is 1. The molecule has 0 fully saturated rings. The Bertz CT molecular complexity index is 670. The zero-order valence-electron chi connectivity index (χ0n) is 11.3. The van der Waals surface area contributed by atoms with Gasteiger partial charge in [-0.15, -0.1) is 0 Å². The smallest absolute Gasteiger partial charge is 0.330 e. The number of H-pyrrole nitrogens is 1. The van der Waals surface area contributed by atoms with Crippen LogP contribution in [0.1, 0.15) is 19.1 Å². The number of nitrogen functional groups attached to an aromatic ring is 1. The summed E-state index contributed by atoms with van der Waals surface area (Å²) in [6, 6.07) is 3.66. The maximum atomic E-state index is 11.8. The number of anilines is 2.